The Morgan fingerprint density at radius 2 is 1.84 bits per heavy atom. The Kier molecular flexibility index (Phi) is 4.07. The fraction of sp³-hybridized carbons (Fsp3) is 0.111. The lowest BCUT2D eigenvalue weighted by atomic mass is 10.0. The van der Waals surface area contributed by atoms with Crippen molar-refractivity contribution in [1.82, 2.24) is 19.9 Å². The van der Waals surface area contributed by atoms with Crippen LogP contribution in [0.1, 0.15) is 11.4 Å². The number of thiazole rings is 1. The normalized spacial score (nSPS) is 11.0. The molecule has 5 nitrogen and oxygen atoms in total. The van der Waals surface area contributed by atoms with E-state index in [1.807, 2.05) is 37.6 Å². The van der Waals surface area contributed by atoms with Gasteiger partial charge in [-0.25, -0.2) is 19.9 Å². The minimum absolute atomic E-state index is 0.465. The predicted octanol–water partition coefficient (Wildman–Crippen LogP) is 5.16. The van der Waals surface area contributed by atoms with Gasteiger partial charge in [-0.2, -0.15) is 0 Å². The zero-order valence-electron chi connectivity index (χ0n) is 13.6. The Morgan fingerprint density at radius 1 is 0.960 bits per heavy atom. The first kappa shape index (κ1) is 15.9. The zero-order valence-corrected chi connectivity index (χ0v) is 15.2. The highest BCUT2D eigenvalue weighted by molar-refractivity contribution is 7.13. The van der Waals surface area contributed by atoms with Gasteiger partial charge in [0.25, 0.3) is 0 Å². The van der Waals surface area contributed by atoms with Crippen LogP contribution >= 0.6 is 22.9 Å². The lowest BCUT2D eigenvalue weighted by molar-refractivity contribution is 1.21. The third-order valence-electron chi connectivity index (χ3n) is 3.75. The molecule has 4 rings (SSSR count). The van der Waals surface area contributed by atoms with E-state index in [9.17, 15) is 0 Å². The summed E-state index contributed by atoms with van der Waals surface area (Å²) in [5.41, 5.74) is 4.63. The van der Waals surface area contributed by atoms with Crippen molar-refractivity contribution in [3.05, 3.63) is 58.6 Å². The highest BCUT2D eigenvalue weighted by Crippen LogP contribution is 2.32. The van der Waals surface area contributed by atoms with Crippen molar-refractivity contribution in [2.24, 2.45) is 0 Å². The SMILES string of the molecule is Cc1csc(Nc2ncc(-c3ccc(Cl)nc3)c3ccc(C)nc23)n1. The number of hydrogen-bond acceptors (Lipinski definition) is 6. The lowest BCUT2D eigenvalue weighted by Crippen LogP contribution is -1.98. The molecule has 0 amide bonds. The van der Waals surface area contributed by atoms with Gasteiger partial charge < -0.3 is 5.32 Å². The molecule has 0 saturated carbocycles. The first-order valence-corrected chi connectivity index (χ1v) is 8.93. The molecule has 0 radical (unpaired) electrons. The second-order valence-corrected chi connectivity index (χ2v) is 6.90. The molecule has 0 aliphatic rings. The largest absolute Gasteiger partial charge is 0.314 e. The van der Waals surface area contributed by atoms with Gasteiger partial charge in [0.15, 0.2) is 10.9 Å². The topological polar surface area (TPSA) is 63.6 Å². The summed E-state index contributed by atoms with van der Waals surface area (Å²) in [5, 5.41) is 7.54. The summed E-state index contributed by atoms with van der Waals surface area (Å²) in [6.45, 7) is 3.93. The van der Waals surface area contributed by atoms with Crippen molar-refractivity contribution in [3.8, 4) is 11.1 Å². The predicted molar refractivity (Wildman–Crippen MR) is 103 cm³/mol. The molecule has 4 heterocycles. The molecular formula is C18H14ClN5S. The van der Waals surface area contributed by atoms with E-state index in [1.54, 1.807) is 23.6 Å². The minimum Gasteiger partial charge on any atom is -0.314 e. The molecule has 0 atom stereocenters. The number of fused-ring (bicyclic) bond motifs is 1. The molecule has 0 spiro atoms. The Hall–Kier alpha value is -2.57. The molecule has 0 aliphatic carbocycles. The number of anilines is 2. The molecule has 0 aromatic carbocycles. The molecule has 0 aliphatic heterocycles. The van der Waals surface area contributed by atoms with Crippen LogP contribution in [0.3, 0.4) is 0 Å². The van der Waals surface area contributed by atoms with E-state index in [0.717, 1.165) is 38.5 Å². The van der Waals surface area contributed by atoms with Crippen LogP contribution in [0.5, 0.6) is 0 Å². The number of rotatable bonds is 3. The molecule has 25 heavy (non-hydrogen) atoms. The van der Waals surface area contributed by atoms with Crippen LogP contribution < -0.4 is 5.32 Å². The molecule has 0 unspecified atom stereocenters. The second-order valence-electron chi connectivity index (χ2n) is 5.66. The van der Waals surface area contributed by atoms with Gasteiger partial charge in [0, 0.05) is 40.0 Å². The summed E-state index contributed by atoms with van der Waals surface area (Å²) < 4.78 is 0. The van der Waals surface area contributed by atoms with E-state index in [2.05, 4.69) is 31.3 Å². The van der Waals surface area contributed by atoms with Crippen molar-refractivity contribution in [3.63, 3.8) is 0 Å². The fourth-order valence-corrected chi connectivity index (χ4v) is 3.38. The van der Waals surface area contributed by atoms with Crippen molar-refractivity contribution >= 4 is 44.8 Å². The highest BCUT2D eigenvalue weighted by Gasteiger charge is 2.12. The number of aryl methyl sites for hydroxylation is 2. The van der Waals surface area contributed by atoms with E-state index in [4.69, 9.17) is 11.6 Å². The fourth-order valence-electron chi connectivity index (χ4n) is 2.58. The molecule has 1 N–H and O–H groups in total. The molecular weight excluding hydrogens is 354 g/mol. The maximum Gasteiger partial charge on any atom is 0.188 e. The van der Waals surface area contributed by atoms with Gasteiger partial charge >= 0.3 is 0 Å². The maximum atomic E-state index is 5.90. The highest BCUT2D eigenvalue weighted by atomic mass is 35.5. The first-order valence-electron chi connectivity index (χ1n) is 7.67. The quantitative estimate of drug-likeness (QED) is 0.506. The van der Waals surface area contributed by atoms with Gasteiger partial charge in [0.05, 0.1) is 5.69 Å². The molecule has 124 valence electrons. The van der Waals surface area contributed by atoms with Crippen LogP contribution in [-0.2, 0) is 0 Å². The van der Waals surface area contributed by atoms with Crippen molar-refractivity contribution in [1.29, 1.82) is 0 Å². The molecule has 4 aromatic heterocycles. The smallest absolute Gasteiger partial charge is 0.188 e. The Bertz CT molecular complexity index is 1060. The van der Waals surface area contributed by atoms with Crippen LogP contribution in [-0.4, -0.2) is 19.9 Å². The minimum atomic E-state index is 0.465. The molecule has 4 aromatic rings. The summed E-state index contributed by atoms with van der Waals surface area (Å²) in [6, 6.07) is 7.76. The number of nitrogens with one attached hydrogen (secondary N) is 1. The number of hydrogen-bond donors (Lipinski definition) is 1. The Balaban J connectivity index is 1.87. The average molecular weight is 368 g/mol. The Morgan fingerprint density at radius 3 is 2.56 bits per heavy atom. The number of aromatic nitrogens is 4. The van der Waals surface area contributed by atoms with E-state index in [0.29, 0.717) is 11.0 Å². The van der Waals surface area contributed by atoms with Crippen molar-refractivity contribution < 1.29 is 0 Å². The Labute approximate surface area is 153 Å². The summed E-state index contributed by atoms with van der Waals surface area (Å²) in [7, 11) is 0. The summed E-state index contributed by atoms with van der Waals surface area (Å²) in [6.07, 6.45) is 3.57. The van der Waals surface area contributed by atoms with Crippen LogP contribution in [0.15, 0.2) is 42.0 Å². The summed E-state index contributed by atoms with van der Waals surface area (Å²) in [5.74, 6) is 0.693. The van der Waals surface area contributed by atoms with Gasteiger partial charge in [-0.3, -0.25) is 0 Å². The second kappa shape index (κ2) is 6.38. The zero-order chi connectivity index (χ0) is 17.4. The van der Waals surface area contributed by atoms with Crippen LogP contribution in [0.4, 0.5) is 10.9 Å². The molecule has 0 fully saturated rings. The number of halogens is 1. The lowest BCUT2D eigenvalue weighted by Gasteiger charge is -2.11. The molecule has 7 heteroatoms. The number of pyridine rings is 3. The average Bonchev–Trinajstić information content (AvgIpc) is 3.01. The standard InChI is InChI=1S/C18H14ClN5S/c1-10-3-5-13-14(12-4-6-15(19)20-7-12)8-21-17(16(13)22-10)24-18-23-11(2)9-25-18/h3-9H,1-2H3,(H,21,23,24). The van der Waals surface area contributed by atoms with E-state index in [1.165, 1.54) is 0 Å². The summed E-state index contributed by atoms with van der Waals surface area (Å²) >= 11 is 7.45. The van der Waals surface area contributed by atoms with Crippen molar-refractivity contribution in [2.75, 3.05) is 5.32 Å². The van der Waals surface area contributed by atoms with E-state index >= 15 is 0 Å². The third-order valence-corrected chi connectivity index (χ3v) is 4.85. The van der Waals surface area contributed by atoms with Crippen LogP contribution in [0.25, 0.3) is 22.0 Å². The van der Waals surface area contributed by atoms with Gasteiger partial charge in [-0.05, 0) is 32.0 Å². The van der Waals surface area contributed by atoms with Crippen molar-refractivity contribution in [2.45, 2.75) is 13.8 Å². The van der Waals surface area contributed by atoms with Crippen LogP contribution in [0.2, 0.25) is 5.15 Å². The van der Waals surface area contributed by atoms with Crippen LogP contribution in [0, 0.1) is 13.8 Å². The molecule has 0 saturated heterocycles. The van der Waals surface area contributed by atoms with E-state index < -0.39 is 0 Å². The number of nitrogens with zero attached hydrogens (tertiary/aromatic N) is 4. The summed E-state index contributed by atoms with van der Waals surface area (Å²) in [4.78, 5) is 17.9. The van der Waals surface area contributed by atoms with Gasteiger partial charge in [-0.1, -0.05) is 17.7 Å². The molecule has 0 bridgehead atoms. The van der Waals surface area contributed by atoms with Gasteiger partial charge in [-0.15, -0.1) is 11.3 Å². The maximum absolute atomic E-state index is 5.90. The third kappa shape index (κ3) is 3.18. The van der Waals surface area contributed by atoms with E-state index in [-0.39, 0.29) is 0 Å². The first-order chi connectivity index (χ1) is 12.1. The monoisotopic (exact) mass is 367 g/mol. The van der Waals surface area contributed by atoms with Gasteiger partial charge in [0.1, 0.15) is 10.7 Å². The van der Waals surface area contributed by atoms with Gasteiger partial charge in [0.2, 0.25) is 0 Å².